The van der Waals surface area contributed by atoms with Crippen LogP contribution in [0.15, 0.2) is 47.6 Å². The van der Waals surface area contributed by atoms with E-state index in [2.05, 4.69) is 25.1 Å². The van der Waals surface area contributed by atoms with Gasteiger partial charge in [-0.25, -0.2) is 27.8 Å². The van der Waals surface area contributed by atoms with Crippen LogP contribution in [-0.4, -0.2) is 40.7 Å². The van der Waals surface area contributed by atoms with Crippen molar-refractivity contribution < 1.29 is 17.9 Å². The number of benzene rings is 1. The topological polar surface area (TPSA) is 128 Å². The summed E-state index contributed by atoms with van der Waals surface area (Å²) in [6.45, 7) is 2.98. The quantitative estimate of drug-likeness (QED) is 0.652. The Bertz CT molecular complexity index is 1160. The second kappa shape index (κ2) is 7.51. The van der Waals surface area contributed by atoms with E-state index in [-0.39, 0.29) is 16.8 Å². The van der Waals surface area contributed by atoms with Gasteiger partial charge in [0.1, 0.15) is 5.56 Å². The lowest BCUT2D eigenvalue weighted by Gasteiger charge is -2.15. The molecule has 10 nitrogen and oxygen atoms in total. The SMILES string of the molecule is Cc1ccnc(NS(=O)(=O)c2ccc(NC(=O)c3cnn4c3OCCC4)cc2)n1. The van der Waals surface area contributed by atoms with Crippen molar-refractivity contribution >= 4 is 27.6 Å². The molecule has 11 heteroatoms. The average Bonchev–Trinajstić information content (AvgIpc) is 3.12. The lowest BCUT2D eigenvalue weighted by molar-refractivity contribution is 0.102. The summed E-state index contributed by atoms with van der Waals surface area (Å²) in [6, 6.07) is 7.44. The van der Waals surface area contributed by atoms with Gasteiger partial charge in [-0.15, -0.1) is 0 Å². The third-order valence-corrected chi connectivity index (χ3v) is 5.58. The van der Waals surface area contributed by atoms with Crippen molar-refractivity contribution in [3.8, 4) is 5.88 Å². The summed E-state index contributed by atoms with van der Waals surface area (Å²) >= 11 is 0. The van der Waals surface area contributed by atoms with E-state index in [1.54, 1.807) is 17.7 Å². The standard InChI is InChI=1S/C18H18N6O4S/c1-12-7-8-19-18(21-12)23-29(26,27)14-5-3-13(4-6-14)22-16(25)15-11-20-24-9-2-10-28-17(15)24/h3-8,11H,2,9-10H2,1H3,(H,22,25)(H,19,21,23). The van der Waals surface area contributed by atoms with Crippen molar-refractivity contribution in [2.45, 2.75) is 24.8 Å². The first-order valence-electron chi connectivity index (χ1n) is 8.85. The van der Waals surface area contributed by atoms with Crippen LogP contribution in [0.5, 0.6) is 5.88 Å². The number of carbonyl (C=O) groups excluding carboxylic acids is 1. The van der Waals surface area contributed by atoms with E-state index >= 15 is 0 Å². The highest BCUT2D eigenvalue weighted by Gasteiger charge is 2.22. The van der Waals surface area contributed by atoms with Gasteiger partial charge in [0.05, 0.1) is 17.7 Å². The van der Waals surface area contributed by atoms with Crippen LogP contribution in [-0.2, 0) is 16.6 Å². The summed E-state index contributed by atoms with van der Waals surface area (Å²) < 4.78 is 34.5. The van der Waals surface area contributed by atoms with Crippen molar-refractivity contribution in [2.75, 3.05) is 16.6 Å². The van der Waals surface area contributed by atoms with E-state index in [1.165, 1.54) is 36.7 Å². The molecule has 2 aromatic heterocycles. The summed E-state index contributed by atoms with van der Waals surface area (Å²) in [5.41, 5.74) is 1.42. The number of hydrogen-bond acceptors (Lipinski definition) is 7. The van der Waals surface area contributed by atoms with Crippen molar-refractivity contribution in [1.29, 1.82) is 0 Å². The highest BCUT2D eigenvalue weighted by molar-refractivity contribution is 7.92. The smallest absolute Gasteiger partial charge is 0.264 e. The Morgan fingerprint density at radius 1 is 1.21 bits per heavy atom. The largest absolute Gasteiger partial charge is 0.477 e. The molecule has 3 heterocycles. The van der Waals surface area contributed by atoms with Crippen molar-refractivity contribution in [1.82, 2.24) is 19.7 Å². The molecular formula is C18H18N6O4S. The molecule has 0 bridgehead atoms. The molecule has 1 amide bonds. The number of hydrogen-bond donors (Lipinski definition) is 2. The van der Waals surface area contributed by atoms with Crippen LogP contribution in [0.3, 0.4) is 0 Å². The Balaban J connectivity index is 1.47. The molecule has 150 valence electrons. The molecule has 0 aliphatic carbocycles. The van der Waals surface area contributed by atoms with Gasteiger partial charge in [0.2, 0.25) is 11.8 Å². The maximum Gasteiger partial charge on any atom is 0.264 e. The Morgan fingerprint density at radius 2 is 2.00 bits per heavy atom. The summed E-state index contributed by atoms with van der Waals surface area (Å²) in [5.74, 6) is 0.0544. The maximum atomic E-state index is 12.5. The first-order valence-corrected chi connectivity index (χ1v) is 10.3. The number of rotatable bonds is 5. The molecule has 4 rings (SSSR count). The number of anilines is 2. The van der Waals surface area contributed by atoms with Gasteiger partial charge in [-0.3, -0.25) is 4.79 Å². The summed E-state index contributed by atoms with van der Waals surface area (Å²) in [6.07, 6.45) is 3.77. The Kier molecular flexibility index (Phi) is 4.89. The van der Waals surface area contributed by atoms with Crippen LogP contribution >= 0.6 is 0 Å². The second-order valence-corrected chi connectivity index (χ2v) is 8.08. The van der Waals surface area contributed by atoms with Gasteiger partial charge in [-0.05, 0) is 37.3 Å². The van der Waals surface area contributed by atoms with E-state index < -0.39 is 10.0 Å². The highest BCUT2D eigenvalue weighted by Crippen LogP contribution is 2.24. The van der Waals surface area contributed by atoms with E-state index in [0.717, 1.165) is 6.42 Å². The molecular weight excluding hydrogens is 396 g/mol. The maximum absolute atomic E-state index is 12.5. The molecule has 1 aliphatic heterocycles. The molecule has 1 aliphatic rings. The van der Waals surface area contributed by atoms with Gasteiger partial charge >= 0.3 is 0 Å². The van der Waals surface area contributed by atoms with Gasteiger partial charge in [0, 0.05) is 30.5 Å². The zero-order valence-corrected chi connectivity index (χ0v) is 16.3. The van der Waals surface area contributed by atoms with Gasteiger partial charge in [-0.1, -0.05) is 0 Å². The third kappa shape index (κ3) is 4.04. The van der Waals surface area contributed by atoms with E-state index in [4.69, 9.17) is 4.74 Å². The fraction of sp³-hybridized carbons (Fsp3) is 0.222. The molecule has 0 saturated heterocycles. The second-order valence-electron chi connectivity index (χ2n) is 6.39. The van der Waals surface area contributed by atoms with Crippen LogP contribution in [0.25, 0.3) is 0 Å². The van der Waals surface area contributed by atoms with Crippen molar-refractivity contribution in [3.05, 3.63) is 54.0 Å². The molecule has 1 aromatic carbocycles. The minimum absolute atomic E-state index is 0.00615. The van der Waals surface area contributed by atoms with Crippen molar-refractivity contribution in [3.63, 3.8) is 0 Å². The number of carbonyl (C=O) groups is 1. The third-order valence-electron chi connectivity index (χ3n) is 4.23. The van der Waals surface area contributed by atoms with Crippen LogP contribution in [0, 0.1) is 6.92 Å². The number of aryl methyl sites for hydroxylation is 2. The Labute approximate surface area is 167 Å². The monoisotopic (exact) mass is 414 g/mol. The lowest BCUT2D eigenvalue weighted by Crippen LogP contribution is -2.18. The summed E-state index contributed by atoms with van der Waals surface area (Å²) in [5, 5.41) is 6.86. The fourth-order valence-corrected chi connectivity index (χ4v) is 3.77. The van der Waals surface area contributed by atoms with Crippen LogP contribution in [0.4, 0.5) is 11.6 Å². The van der Waals surface area contributed by atoms with Gasteiger partial charge < -0.3 is 10.1 Å². The van der Waals surface area contributed by atoms with Crippen LogP contribution in [0.2, 0.25) is 0 Å². The number of amides is 1. The molecule has 0 fully saturated rings. The zero-order chi connectivity index (χ0) is 20.4. The van der Waals surface area contributed by atoms with Crippen LogP contribution in [0.1, 0.15) is 22.5 Å². The Hall–Kier alpha value is -3.47. The number of fused-ring (bicyclic) bond motifs is 1. The molecule has 0 unspecified atom stereocenters. The molecule has 29 heavy (non-hydrogen) atoms. The van der Waals surface area contributed by atoms with Gasteiger partial charge in [0.25, 0.3) is 15.9 Å². The molecule has 0 saturated carbocycles. The highest BCUT2D eigenvalue weighted by atomic mass is 32.2. The Morgan fingerprint density at radius 3 is 2.76 bits per heavy atom. The van der Waals surface area contributed by atoms with Crippen LogP contribution < -0.4 is 14.8 Å². The molecule has 0 spiro atoms. The minimum atomic E-state index is -3.85. The number of sulfonamides is 1. The molecule has 0 atom stereocenters. The molecule has 3 aromatic rings. The number of aromatic nitrogens is 4. The summed E-state index contributed by atoms with van der Waals surface area (Å²) in [4.78, 5) is 20.4. The van der Waals surface area contributed by atoms with Gasteiger partial charge in [-0.2, -0.15) is 5.10 Å². The summed E-state index contributed by atoms with van der Waals surface area (Å²) in [7, 11) is -3.85. The normalized spacial score (nSPS) is 13.3. The fourth-order valence-electron chi connectivity index (χ4n) is 2.82. The first-order chi connectivity index (χ1) is 13.9. The zero-order valence-electron chi connectivity index (χ0n) is 15.5. The van der Waals surface area contributed by atoms with E-state index in [1.807, 2.05) is 0 Å². The van der Waals surface area contributed by atoms with E-state index in [0.29, 0.717) is 36.0 Å². The number of ether oxygens (including phenoxy) is 1. The first kappa shape index (κ1) is 18.9. The number of nitrogens with one attached hydrogen (secondary N) is 2. The van der Waals surface area contributed by atoms with Crippen molar-refractivity contribution in [2.24, 2.45) is 0 Å². The molecule has 0 radical (unpaired) electrons. The average molecular weight is 414 g/mol. The predicted octanol–water partition coefficient (Wildman–Crippen LogP) is 1.82. The predicted molar refractivity (Wildman–Crippen MR) is 104 cm³/mol. The lowest BCUT2D eigenvalue weighted by atomic mass is 10.2. The van der Waals surface area contributed by atoms with E-state index in [9.17, 15) is 13.2 Å². The number of nitrogens with zero attached hydrogens (tertiary/aromatic N) is 4. The van der Waals surface area contributed by atoms with Gasteiger partial charge in [0.15, 0.2) is 0 Å². The minimum Gasteiger partial charge on any atom is -0.477 e. The molecule has 2 N–H and O–H groups in total.